The second kappa shape index (κ2) is 4.61. The third-order valence-corrected chi connectivity index (χ3v) is 2.96. The Morgan fingerprint density at radius 1 is 1.22 bits per heavy atom. The number of hydrogen-bond donors (Lipinski definition) is 1. The molecule has 1 aliphatic rings. The minimum Gasteiger partial charge on any atom is -0.489 e. The van der Waals surface area contributed by atoms with Gasteiger partial charge in [-0.05, 0) is 30.7 Å². The fourth-order valence-corrected chi connectivity index (χ4v) is 2.06. The van der Waals surface area contributed by atoms with E-state index in [9.17, 15) is 0 Å². The Labute approximate surface area is 106 Å². The average molecular weight is 241 g/mol. The van der Waals surface area contributed by atoms with Crippen LogP contribution in [0, 0.1) is 6.92 Å². The zero-order valence-electron chi connectivity index (χ0n) is 10.3. The van der Waals surface area contributed by atoms with E-state index < -0.39 is 0 Å². The van der Waals surface area contributed by atoms with E-state index in [2.05, 4.69) is 18.3 Å². The lowest BCUT2D eigenvalue weighted by Gasteiger charge is -2.09. The molecular formula is C15H15NO2. The van der Waals surface area contributed by atoms with Crippen LogP contribution in [0.5, 0.6) is 11.5 Å². The lowest BCUT2D eigenvalue weighted by molar-refractivity contribution is 0.294. The molecule has 3 rings (SSSR count). The first-order valence-corrected chi connectivity index (χ1v) is 6.01. The molecule has 1 heterocycles. The van der Waals surface area contributed by atoms with E-state index in [1.54, 1.807) is 0 Å². The molecule has 0 saturated carbocycles. The highest BCUT2D eigenvalue weighted by molar-refractivity contribution is 5.62. The molecule has 0 unspecified atom stereocenters. The molecule has 0 fully saturated rings. The molecule has 18 heavy (non-hydrogen) atoms. The number of nitrogens with one attached hydrogen (secondary N) is 1. The highest BCUT2D eigenvalue weighted by Crippen LogP contribution is 2.33. The molecule has 2 aromatic rings. The topological polar surface area (TPSA) is 30.5 Å². The van der Waals surface area contributed by atoms with Gasteiger partial charge in [0.15, 0.2) is 12.5 Å². The van der Waals surface area contributed by atoms with Gasteiger partial charge in [0, 0.05) is 5.56 Å². The van der Waals surface area contributed by atoms with Crippen LogP contribution in [0.25, 0.3) is 0 Å². The van der Waals surface area contributed by atoms with Gasteiger partial charge in [-0.2, -0.15) is 0 Å². The van der Waals surface area contributed by atoms with E-state index in [1.807, 2.05) is 36.4 Å². The molecule has 0 bridgehead atoms. The van der Waals surface area contributed by atoms with Crippen molar-refractivity contribution in [3.63, 3.8) is 0 Å². The molecule has 3 nitrogen and oxygen atoms in total. The molecule has 0 aliphatic carbocycles. The largest absolute Gasteiger partial charge is 0.489 e. The summed E-state index contributed by atoms with van der Waals surface area (Å²) >= 11 is 0. The summed E-state index contributed by atoms with van der Waals surface area (Å²) in [7, 11) is 0. The number of benzene rings is 2. The Bertz CT molecular complexity index is 566. The maximum Gasteiger partial charge on any atom is 0.159 e. The number of fused-ring (bicyclic) bond motifs is 1. The normalized spacial score (nSPS) is 12.5. The quantitative estimate of drug-likeness (QED) is 0.894. The van der Waals surface area contributed by atoms with E-state index in [0.29, 0.717) is 13.3 Å². The fraction of sp³-hybridized carbons (Fsp3) is 0.200. The fourth-order valence-electron chi connectivity index (χ4n) is 2.06. The highest BCUT2D eigenvalue weighted by atomic mass is 16.5. The van der Waals surface area contributed by atoms with E-state index >= 15 is 0 Å². The van der Waals surface area contributed by atoms with Crippen LogP contribution in [0.15, 0.2) is 42.5 Å². The lowest BCUT2D eigenvalue weighted by atomic mass is 10.2. The Balaban J connectivity index is 1.76. The minimum absolute atomic E-state index is 0.522. The summed E-state index contributed by atoms with van der Waals surface area (Å²) in [5, 5.41) is 3.17. The molecule has 3 heteroatoms. The van der Waals surface area contributed by atoms with Gasteiger partial charge in [-0.25, -0.2) is 0 Å². The first kappa shape index (κ1) is 11.0. The first-order valence-electron chi connectivity index (χ1n) is 6.01. The predicted octanol–water partition coefficient (Wildman–Crippen LogP) is 3.34. The summed E-state index contributed by atoms with van der Waals surface area (Å²) < 4.78 is 11.3. The summed E-state index contributed by atoms with van der Waals surface area (Å²) in [5.74, 6) is 1.80. The summed E-state index contributed by atoms with van der Waals surface area (Å²) in [5.41, 5.74) is 3.31. The zero-order valence-corrected chi connectivity index (χ0v) is 10.3. The van der Waals surface area contributed by atoms with E-state index in [-0.39, 0.29) is 0 Å². The van der Waals surface area contributed by atoms with Crippen LogP contribution in [0.4, 0.5) is 5.69 Å². The molecule has 0 aromatic heterocycles. The van der Waals surface area contributed by atoms with Crippen molar-refractivity contribution in [3.05, 3.63) is 53.6 Å². The van der Waals surface area contributed by atoms with Crippen molar-refractivity contribution in [2.45, 2.75) is 13.5 Å². The van der Waals surface area contributed by atoms with Gasteiger partial charge in [0.2, 0.25) is 0 Å². The van der Waals surface area contributed by atoms with Crippen LogP contribution >= 0.6 is 0 Å². The van der Waals surface area contributed by atoms with Gasteiger partial charge in [0.05, 0.1) is 5.69 Å². The van der Waals surface area contributed by atoms with E-state index in [0.717, 1.165) is 22.7 Å². The Morgan fingerprint density at radius 2 is 2.11 bits per heavy atom. The van der Waals surface area contributed by atoms with Crippen molar-refractivity contribution in [1.29, 1.82) is 0 Å². The summed E-state index contributed by atoms with van der Waals surface area (Å²) in [4.78, 5) is 0. The van der Waals surface area contributed by atoms with Gasteiger partial charge in [-0.3, -0.25) is 0 Å². The van der Waals surface area contributed by atoms with Crippen LogP contribution in [0.2, 0.25) is 0 Å². The predicted molar refractivity (Wildman–Crippen MR) is 71.1 cm³/mol. The van der Waals surface area contributed by atoms with Crippen molar-refractivity contribution < 1.29 is 9.47 Å². The summed E-state index contributed by atoms with van der Waals surface area (Å²) in [6.07, 6.45) is 0. The SMILES string of the molecule is Cc1cccc(OCc2cccc3c2OCN3)c1. The number of ether oxygens (including phenoxy) is 2. The lowest BCUT2D eigenvalue weighted by Crippen LogP contribution is -1.99. The van der Waals surface area contributed by atoms with Gasteiger partial charge in [-0.1, -0.05) is 24.3 Å². The highest BCUT2D eigenvalue weighted by Gasteiger charge is 2.15. The van der Waals surface area contributed by atoms with Crippen LogP contribution in [-0.2, 0) is 6.61 Å². The summed E-state index contributed by atoms with van der Waals surface area (Å²) in [6.45, 7) is 3.12. The van der Waals surface area contributed by atoms with Crippen LogP contribution in [0.1, 0.15) is 11.1 Å². The first-order chi connectivity index (χ1) is 8.83. The van der Waals surface area contributed by atoms with Gasteiger partial charge in [0.25, 0.3) is 0 Å². The van der Waals surface area contributed by atoms with Gasteiger partial charge < -0.3 is 14.8 Å². The van der Waals surface area contributed by atoms with Crippen molar-refractivity contribution in [1.82, 2.24) is 0 Å². The number of hydrogen-bond acceptors (Lipinski definition) is 3. The van der Waals surface area contributed by atoms with Crippen LogP contribution in [-0.4, -0.2) is 6.73 Å². The number of rotatable bonds is 3. The zero-order chi connectivity index (χ0) is 12.4. The van der Waals surface area contributed by atoms with Crippen molar-refractivity contribution in [2.75, 3.05) is 12.0 Å². The molecule has 0 radical (unpaired) electrons. The number of aryl methyl sites for hydroxylation is 1. The number of para-hydroxylation sites is 1. The molecule has 92 valence electrons. The smallest absolute Gasteiger partial charge is 0.159 e. The molecule has 1 aliphatic heterocycles. The molecule has 0 atom stereocenters. The van der Waals surface area contributed by atoms with Gasteiger partial charge >= 0.3 is 0 Å². The molecule has 2 aromatic carbocycles. The van der Waals surface area contributed by atoms with Crippen LogP contribution in [0.3, 0.4) is 0 Å². The molecule has 0 saturated heterocycles. The van der Waals surface area contributed by atoms with Crippen molar-refractivity contribution >= 4 is 5.69 Å². The molecule has 0 spiro atoms. The maximum absolute atomic E-state index is 5.79. The van der Waals surface area contributed by atoms with Gasteiger partial charge in [-0.15, -0.1) is 0 Å². The monoisotopic (exact) mass is 241 g/mol. The van der Waals surface area contributed by atoms with Crippen molar-refractivity contribution in [3.8, 4) is 11.5 Å². The average Bonchev–Trinajstić information content (AvgIpc) is 2.85. The third kappa shape index (κ3) is 2.12. The Hall–Kier alpha value is -2.16. The Kier molecular flexibility index (Phi) is 2.81. The van der Waals surface area contributed by atoms with Crippen LogP contribution < -0.4 is 14.8 Å². The van der Waals surface area contributed by atoms with Gasteiger partial charge in [0.1, 0.15) is 12.4 Å². The molecular weight excluding hydrogens is 226 g/mol. The van der Waals surface area contributed by atoms with Crippen molar-refractivity contribution in [2.24, 2.45) is 0 Å². The summed E-state index contributed by atoms with van der Waals surface area (Å²) in [6, 6.07) is 14.1. The minimum atomic E-state index is 0.522. The Morgan fingerprint density at radius 3 is 3.00 bits per heavy atom. The van der Waals surface area contributed by atoms with E-state index in [4.69, 9.17) is 9.47 Å². The third-order valence-electron chi connectivity index (χ3n) is 2.96. The standard InChI is InChI=1S/C15H15NO2/c1-11-4-2-6-13(8-11)17-9-12-5-3-7-14-15(12)18-10-16-14/h2-8,16H,9-10H2,1H3. The van der Waals surface area contributed by atoms with E-state index in [1.165, 1.54) is 5.56 Å². The molecule has 0 amide bonds. The number of anilines is 1. The second-order valence-corrected chi connectivity index (χ2v) is 4.36. The molecule has 1 N–H and O–H groups in total. The second-order valence-electron chi connectivity index (χ2n) is 4.36. The maximum atomic E-state index is 5.79.